The number of nitrogens with zero attached hydrogens (tertiary/aromatic N) is 1. The Hall–Kier alpha value is -3.90. The number of unbranched alkanes of at least 4 members (excludes halogenated alkanes) is 2. The summed E-state index contributed by atoms with van der Waals surface area (Å²) >= 11 is 2.84. The number of aromatic nitrogens is 1. The number of fused-ring (bicyclic) bond motifs is 9. The number of amides is 3. The standard InChI is InChI=1S/C34H35N3O7S2/c1-17-9-11-19(12-10-17)35-23(38)16-44-20-7-5-6-18(14-20)25-26-21-15-22(29(26)45-31-30(25)46-34(43)36-31)28-27(21)32(41)37(33(28)42)13-4-2-3-8-24(39)40/h5-7,9-12,14,21-22,25-29H,2-4,8,13,15-16H2,1H3,(H,35,38)(H,36,43)(H,39,40)/t21?,22?,25-,26?,27?,28?,29?/m1/s1. The van der Waals surface area contributed by atoms with Gasteiger partial charge in [-0.1, -0.05) is 47.6 Å². The molecule has 240 valence electrons. The van der Waals surface area contributed by atoms with Gasteiger partial charge in [-0.05, 0) is 73.8 Å². The molecule has 12 heteroatoms. The van der Waals surface area contributed by atoms with Crippen LogP contribution in [0.15, 0.2) is 58.4 Å². The number of thiazole rings is 1. The number of aromatic amines is 1. The van der Waals surface area contributed by atoms with Crippen LogP contribution in [0.3, 0.4) is 0 Å². The summed E-state index contributed by atoms with van der Waals surface area (Å²) in [6.45, 7) is 2.14. The van der Waals surface area contributed by atoms with Gasteiger partial charge in [0.1, 0.15) is 5.75 Å². The molecule has 2 aliphatic carbocycles. The van der Waals surface area contributed by atoms with E-state index in [1.807, 2.05) is 55.5 Å². The molecule has 0 radical (unpaired) electrons. The number of H-pyrrole nitrogens is 1. The predicted octanol–water partition coefficient (Wildman–Crippen LogP) is 4.88. The predicted molar refractivity (Wildman–Crippen MR) is 173 cm³/mol. The second kappa shape index (κ2) is 12.4. The van der Waals surface area contributed by atoms with Crippen molar-refractivity contribution in [1.29, 1.82) is 0 Å². The van der Waals surface area contributed by atoms with Crippen LogP contribution in [0.1, 0.15) is 54.0 Å². The van der Waals surface area contributed by atoms with Crippen molar-refractivity contribution >= 4 is 52.5 Å². The zero-order valence-corrected chi connectivity index (χ0v) is 26.9. The van der Waals surface area contributed by atoms with Crippen LogP contribution in [0.2, 0.25) is 0 Å². The summed E-state index contributed by atoms with van der Waals surface area (Å²) < 4.78 is 5.92. The van der Waals surface area contributed by atoms with Crippen molar-refractivity contribution in [1.82, 2.24) is 9.88 Å². The number of carboxylic acid groups (broad SMARTS) is 1. The van der Waals surface area contributed by atoms with Crippen molar-refractivity contribution in [2.24, 2.45) is 29.6 Å². The Morgan fingerprint density at radius 1 is 1.02 bits per heavy atom. The topological polar surface area (TPSA) is 146 Å². The van der Waals surface area contributed by atoms with Gasteiger partial charge in [-0.3, -0.25) is 28.9 Å². The average molecular weight is 662 g/mol. The Morgan fingerprint density at radius 3 is 2.54 bits per heavy atom. The summed E-state index contributed by atoms with van der Waals surface area (Å²) in [4.78, 5) is 68.7. The van der Waals surface area contributed by atoms with Crippen molar-refractivity contribution in [2.45, 2.75) is 55.2 Å². The normalized spacial score (nSPS) is 27.3. The number of ether oxygens (including phenoxy) is 1. The first kappa shape index (κ1) is 30.7. The van der Waals surface area contributed by atoms with E-state index in [9.17, 15) is 24.0 Å². The van der Waals surface area contributed by atoms with Gasteiger partial charge < -0.3 is 20.1 Å². The molecule has 1 saturated heterocycles. The van der Waals surface area contributed by atoms with Crippen LogP contribution in [0.4, 0.5) is 5.69 Å². The van der Waals surface area contributed by atoms with Gasteiger partial charge in [0.05, 0.1) is 16.9 Å². The summed E-state index contributed by atoms with van der Waals surface area (Å²) in [5.74, 6) is -1.56. The Bertz CT molecular complexity index is 1750. The number of nitrogens with one attached hydrogen (secondary N) is 2. The fourth-order valence-electron chi connectivity index (χ4n) is 8.18. The average Bonchev–Trinajstić information content (AvgIpc) is 3.76. The largest absolute Gasteiger partial charge is 0.484 e. The first-order valence-electron chi connectivity index (χ1n) is 15.8. The van der Waals surface area contributed by atoms with Gasteiger partial charge in [0, 0.05) is 34.7 Å². The van der Waals surface area contributed by atoms with Gasteiger partial charge in [0.2, 0.25) is 11.8 Å². The number of rotatable bonds is 11. The number of hydrogen-bond acceptors (Lipinski definition) is 8. The van der Waals surface area contributed by atoms with E-state index in [4.69, 9.17) is 9.84 Å². The maximum atomic E-state index is 13.8. The molecule has 2 aliphatic heterocycles. The van der Waals surface area contributed by atoms with E-state index in [2.05, 4.69) is 10.3 Å². The third-order valence-electron chi connectivity index (χ3n) is 10.0. The van der Waals surface area contributed by atoms with Crippen LogP contribution in [0, 0.1) is 36.5 Å². The molecule has 3 aromatic rings. The molecule has 46 heavy (non-hydrogen) atoms. The summed E-state index contributed by atoms with van der Waals surface area (Å²) in [6, 6.07) is 15.2. The Labute approximate surface area is 273 Å². The van der Waals surface area contributed by atoms with Crippen LogP contribution in [-0.2, 0) is 19.2 Å². The van der Waals surface area contributed by atoms with Crippen molar-refractivity contribution < 1.29 is 29.0 Å². The van der Waals surface area contributed by atoms with Crippen molar-refractivity contribution in [3.63, 3.8) is 0 Å². The molecule has 4 aliphatic rings. The van der Waals surface area contributed by atoms with E-state index in [0.29, 0.717) is 37.2 Å². The minimum atomic E-state index is -0.843. The molecule has 7 atom stereocenters. The monoisotopic (exact) mass is 661 g/mol. The summed E-state index contributed by atoms with van der Waals surface area (Å²) in [5.41, 5.74) is 2.75. The molecular formula is C34H35N3O7S2. The lowest BCUT2D eigenvalue weighted by Gasteiger charge is -2.43. The van der Waals surface area contributed by atoms with Crippen LogP contribution in [-0.4, -0.2) is 57.1 Å². The third-order valence-corrected chi connectivity index (χ3v) is 12.6. The van der Waals surface area contributed by atoms with E-state index in [1.165, 1.54) is 16.2 Å². The zero-order chi connectivity index (χ0) is 32.1. The van der Waals surface area contributed by atoms with Crippen molar-refractivity contribution in [3.8, 4) is 5.75 Å². The SMILES string of the molecule is Cc1ccc(NC(=O)COc2cccc([C@H]3c4sc(=O)[nH]c4SC4C5CC(C6C(=O)N(CCCCCC(=O)O)C(=O)C56)C43)c2)cc1. The lowest BCUT2D eigenvalue weighted by Crippen LogP contribution is -2.42. The highest BCUT2D eigenvalue weighted by molar-refractivity contribution is 8.00. The highest BCUT2D eigenvalue weighted by Crippen LogP contribution is 2.68. The van der Waals surface area contributed by atoms with Gasteiger partial charge in [0.25, 0.3) is 5.91 Å². The fourth-order valence-corrected chi connectivity index (χ4v) is 11.1. The van der Waals surface area contributed by atoms with Gasteiger partial charge in [0.15, 0.2) is 6.61 Å². The lowest BCUT2D eigenvalue weighted by molar-refractivity contribution is -0.141. The molecule has 3 heterocycles. The molecule has 6 unspecified atom stereocenters. The molecule has 0 spiro atoms. The Kier molecular flexibility index (Phi) is 8.26. The van der Waals surface area contributed by atoms with Gasteiger partial charge >= 0.3 is 10.8 Å². The van der Waals surface area contributed by atoms with Crippen molar-refractivity contribution in [3.05, 3.63) is 74.2 Å². The molecule has 3 amide bonds. The second-order valence-electron chi connectivity index (χ2n) is 12.8. The quantitative estimate of drug-likeness (QED) is 0.195. The lowest BCUT2D eigenvalue weighted by atomic mass is 9.68. The number of aliphatic carboxylic acids is 1. The number of imide groups is 1. The van der Waals surface area contributed by atoms with Crippen LogP contribution in [0.5, 0.6) is 5.75 Å². The molecular weight excluding hydrogens is 627 g/mol. The van der Waals surface area contributed by atoms with Crippen LogP contribution >= 0.6 is 23.1 Å². The van der Waals surface area contributed by atoms with E-state index in [0.717, 1.165) is 27.5 Å². The summed E-state index contributed by atoms with van der Waals surface area (Å²) in [5, 5.41) is 12.7. The highest BCUT2D eigenvalue weighted by Gasteiger charge is 2.69. The number of carbonyl (C=O) groups is 4. The van der Waals surface area contributed by atoms with Crippen LogP contribution < -0.4 is 14.9 Å². The van der Waals surface area contributed by atoms with Crippen LogP contribution in [0.25, 0.3) is 0 Å². The summed E-state index contributed by atoms with van der Waals surface area (Å²) in [7, 11) is 0. The number of aryl methyl sites for hydroxylation is 1. The molecule has 3 fully saturated rings. The number of likely N-dealkylation sites (tertiary alicyclic amines) is 1. The minimum Gasteiger partial charge on any atom is -0.484 e. The maximum absolute atomic E-state index is 13.8. The number of carbonyl (C=O) groups excluding carboxylic acids is 3. The highest BCUT2D eigenvalue weighted by atomic mass is 32.2. The molecule has 1 aromatic heterocycles. The number of anilines is 1. The maximum Gasteiger partial charge on any atom is 0.305 e. The Balaban J connectivity index is 1.10. The number of carboxylic acids is 1. The minimum absolute atomic E-state index is 0.00109. The first-order chi connectivity index (χ1) is 22.2. The molecule has 10 nitrogen and oxygen atoms in total. The summed E-state index contributed by atoms with van der Waals surface area (Å²) in [6.07, 6.45) is 2.64. The third kappa shape index (κ3) is 5.55. The molecule has 2 aromatic carbocycles. The first-order valence-corrected chi connectivity index (χ1v) is 17.4. The molecule has 2 saturated carbocycles. The van der Waals surface area contributed by atoms with E-state index in [1.54, 1.807) is 11.8 Å². The number of hydrogen-bond donors (Lipinski definition) is 3. The smallest absolute Gasteiger partial charge is 0.305 e. The van der Waals surface area contributed by atoms with Crippen molar-refractivity contribution in [2.75, 3.05) is 18.5 Å². The van der Waals surface area contributed by atoms with E-state index < -0.39 is 5.97 Å². The molecule has 7 rings (SSSR count). The van der Waals surface area contributed by atoms with E-state index in [-0.39, 0.29) is 76.4 Å². The zero-order valence-electron chi connectivity index (χ0n) is 25.3. The Morgan fingerprint density at radius 2 is 1.78 bits per heavy atom. The van der Waals surface area contributed by atoms with Gasteiger partial charge in [-0.15, -0.1) is 11.8 Å². The van der Waals surface area contributed by atoms with Gasteiger partial charge in [-0.2, -0.15) is 0 Å². The second-order valence-corrected chi connectivity index (χ2v) is 15.0. The molecule has 2 bridgehead atoms. The molecule has 3 N–H and O–H groups in total. The fraction of sp³-hybridized carbons (Fsp3) is 0.441. The number of benzene rings is 2. The van der Waals surface area contributed by atoms with Gasteiger partial charge in [-0.25, -0.2) is 0 Å². The number of thioether (sulfide) groups is 1. The van der Waals surface area contributed by atoms with E-state index >= 15 is 0 Å².